The van der Waals surface area contributed by atoms with E-state index < -0.39 is 0 Å². The number of aromatic nitrogens is 1. The summed E-state index contributed by atoms with van der Waals surface area (Å²) in [5.74, 6) is 0. The van der Waals surface area contributed by atoms with E-state index in [4.69, 9.17) is 0 Å². The van der Waals surface area contributed by atoms with Crippen molar-refractivity contribution in [1.82, 2.24) is 4.57 Å². The number of para-hydroxylation sites is 1. The maximum atomic E-state index is 2.39. The van der Waals surface area contributed by atoms with Gasteiger partial charge in [-0.3, -0.25) is 0 Å². The molecule has 1 nitrogen and oxygen atoms in total. The second kappa shape index (κ2) is 10.1. The number of hydrogen-bond donors (Lipinski definition) is 0. The van der Waals surface area contributed by atoms with Gasteiger partial charge in [0.25, 0.3) is 0 Å². The van der Waals surface area contributed by atoms with E-state index in [1.54, 1.807) is 0 Å². The minimum absolute atomic E-state index is 1.17. The molecule has 0 aliphatic heterocycles. The first-order valence-electron chi connectivity index (χ1n) is 15.0. The van der Waals surface area contributed by atoms with E-state index in [1.165, 1.54) is 81.0 Å². The van der Waals surface area contributed by atoms with E-state index in [1.807, 2.05) is 11.3 Å². The van der Waals surface area contributed by atoms with Crippen LogP contribution in [0.4, 0.5) is 0 Å². The summed E-state index contributed by atoms with van der Waals surface area (Å²) in [6, 6.07) is 59.7. The van der Waals surface area contributed by atoms with Gasteiger partial charge in [0.2, 0.25) is 0 Å². The van der Waals surface area contributed by atoms with Gasteiger partial charge in [0, 0.05) is 36.6 Å². The molecule has 0 spiro atoms. The number of hydrogen-bond acceptors (Lipinski definition) is 1. The zero-order valence-electron chi connectivity index (χ0n) is 23.9. The monoisotopic (exact) mass is 577 g/mol. The van der Waals surface area contributed by atoms with E-state index in [-0.39, 0.29) is 0 Å². The van der Waals surface area contributed by atoms with Gasteiger partial charge in [0.15, 0.2) is 0 Å². The van der Waals surface area contributed by atoms with Crippen molar-refractivity contribution in [3.8, 4) is 39.1 Å². The van der Waals surface area contributed by atoms with Crippen LogP contribution in [0.3, 0.4) is 0 Å². The van der Waals surface area contributed by atoms with Gasteiger partial charge in [-0.25, -0.2) is 0 Å². The third kappa shape index (κ3) is 4.07. The van der Waals surface area contributed by atoms with Crippen molar-refractivity contribution in [3.05, 3.63) is 164 Å². The van der Waals surface area contributed by atoms with E-state index in [0.29, 0.717) is 0 Å². The van der Waals surface area contributed by atoms with Crippen LogP contribution in [0.25, 0.3) is 81.0 Å². The minimum atomic E-state index is 1.17. The third-order valence-electron chi connectivity index (χ3n) is 8.83. The fourth-order valence-corrected chi connectivity index (χ4v) is 7.71. The summed E-state index contributed by atoms with van der Waals surface area (Å²) < 4.78 is 5.07. The molecule has 0 N–H and O–H groups in total. The molecule has 0 atom stereocenters. The Morgan fingerprint density at radius 2 is 0.818 bits per heavy atom. The molecule has 0 radical (unpaired) electrons. The number of fused-ring (bicyclic) bond motifs is 6. The Bertz CT molecular complexity index is 2460. The van der Waals surface area contributed by atoms with Crippen molar-refractivity contribution < 1.29 is 0 Å². The lowest BCUT2D eigenvalue weighted by Crippen LogP contribution is -1.93. The van der Waals surface area contributed by atoms with Crippen molar-refractivity contribution in [2.45, 2.75) is 0 Å². The number of thiophene rings is 1. The van der Waals surface area contributed by atoms with E-state index >= 15 is 0 Å². The molecule has 0 aliphatic carbocycles. The van der Waals surface area contributed by atoms with Gasteiger partial charge in [-0.05, 0) is 81.9 Å². The van der Waals surface area contributed by atoms with Gasteiger partial charge >= 0.3 is 0 Å². The maximum absolute atomic E-state index is 2.39. The lowest BCUT2D eigenvalue weighted by Gasteiger charge is -2.10. The van der Waals surface area contributed by atoms with Crippen molar-refractivity contribution in [3.63, 3.8) is 0 Å². The maximum Gasteiger partial charge on any atom is 0.0541 e. The topological polar surface area (TPSA) is 4.93 Å². The van der Waals surface area contributed by atoms with Crippen molar-refractivity contribution in [1.29, 1.82) is 0 Å². The van der Waals surface area contributed by atoms with Crippen molar-refractivity contribution >= 4 is 53.3 Å². The van der Waals surface area contributed by atoms with Gasteiger partial charge in [-0.15, -0.1) is 11.3 Å². The molecule has 0 aliphatic rings. The summed E-state index contributed by atoms with van der Waals surface area (Å²) in [7, 11) is 0. The van der Waals surface area contributed by atoms with Crippen molar-refractivity contribution in [2.75, 3.05) is 0 Å². The lowest BCUT2D eigenvalue weighted by atomic mass is 9.98. The molecule has 9 rings (SSSR count). The first-order chi connectivity index (χ1) is 21.8. The Balaban J connectivity index is 1.10. The zero-order chi connectivity index (χ0) is 29.0. The second-order valence-corrected chi connectivity index (χ2v) is 12.5. The zero-order valence-corrected chi connectivity index (χ0v) is 24.8. The highest BCUT2D eigenvalue weighted by Gasteiger charge is 2.14. The largest absolute Gasteiger partial charge is 0.309 e. The first-order valence-corrected chi connectivity index (χ1v) is 15.8. The highest BCUT2D eigenvalue weighted by molar-refractivity contribution is 7.25. The van der Waals surface area contributed by atoms with E-state index in [9.17, 15) is 0 Å². The standard InChI is InChI=1S/C42H27NS/c1-2-8-28(9-3-1)29-18-22-34(23-19-29)43-39-12-6-4-10-35(39)37-26-32(20-24-40(37)43)30-14-16-31(17-15-30)33-21-25-42-38(27-33)36-11-5-7-13-41(36)44-42/h1-27H. The summed E-state index contributed by atoms with van der Waals surface area (Å²) in [6.45, 7) is 0. The SMILES string of the molecule is c1ccc(-c2ccc(-n3c4ccccc4c4cc(-c5ccc(-c6ccc7sc8ccccc8c7c6)cc5)ccc43)cc2)cc1. The molecule has 2 heteroatoms. The fraction of sp³-hybridized carbons (Fsp3) is 0. The molecule has 0 saturated carbocycles. The predicted molar refractivity (Wildman–Crippen MR) is 190 cm³/mol. The van der Waals surface area contributed by atoms with Crippen LogP contribution < -0.4 is 0 Å². The summed E-state index contributed by atoms with van der Waals surface area (Å²) in [5, 5.41) is 5.21. The quantitative estimate of drug-likeness (QED) is 0.196. The van der Waals surface area contributed by atoms with Gasteiger partial charge in [-0.1, -0.05) is 115 Å². The highest BCUT2D eigenvalue weighted by Crippen LogP contribution is 2.38. The molecule has 0 bridgehead atoms. The van der Waals surface area contributed by atoms with Crippen LogP contribution in [0.2, 0.25) is 0 Å². The first kappa shape index (κ1) is 25.1. The summed E-state index contributed by atoms with van der Waals surface area (Å²) in [4.78, 5) is 0. The summed E-state index contributed by atoms with van der Waals surface area (Å²) in [6.07, 6.45) is 0. The summed E-state index contributed by atoms with van der Waals surface area (Å²) in [5.41, 5.74) is 11.0. The molecule has 0 fully saturated rings. The Kier molecular flexibility index (Phi) is 5.75. The van der Waals surface area contributed by atoms with Gasteiger partial charge < -0.3 is 4.57 Å². The average Bonchev–Trinajstić information content (AvgIpc) is 3.64. The highest BCUT2D eigenvalue weighted by atomic mass is 32.1. The molecular weight excluding hydrogens is 551 g/mol. The Labute approximate surface area is 259 Å². The van der Waals surface area contributed by atoms with E-state index in [0.717, 1.165) is 0 Å². The predicted octanol–water partition coefficient (Wildman–Crippen LogP) is 12.2. The molecule has 44 heavy (non-hydrogen) atoms. The molecule has 7 aromatic carbocycles. The van der Waals surface area contributed by atoms with Gasteiger partial charge in [0.1, 0.15) is 0 Å². The number of rotatable bonds is 4. The minimum Gasteiger partial charge on any atom is -0.309 e. The summed E-state index contributed by atoms with van der Waals surface area (Å²) >= 11 is 1.86. The molecule has 9 aromatic rings. The van der Waals surface area contributed by atoms with Gasteiger partial charge in [0.05, 0.1) is 11.0 Å². The van der Waals surface area contributed by atoms with Crippen LogP contribution in [0.1, 0.15) is 0 Å². The van der Waals surface area contributed by atoms with E-state index in [2.05, 4.69) is 168 Å². The van der Waals surface area contributed by atoms with Gasteiger partial charge in [-0.2, -0.15) is 0 Å². The molecule has 0 amide bonds. The Morgan fingerprint density at radius 3 is 1.59 bits per heavy atom. The molecule has 206 valence electrons. The fourth-order valence-electron chi connectivity index (χ4n) is 6.62. The Hall–Kier alpha value is -5.44. The normalized spacial score (nSPS) is 11.6. The van der Waals surface area contributed by atoms with Crippen LogP contribution in [0, 0.1) is 0 Å². The van der Waals surface area contributed by atoms with Crippen LogP contribution >= 0.6 is 11.3 Å². The second-order valence-electron chi connectivity index (χ2n) is 11.4. The molecule has 2 aromatic heterocycles. The van der Waals surface area contributed by atoms with Crippen molar-refractivity contribution in [2.24, 2.45) is 0 Å². The number of benzene rings is 7. The number of nitrogens with zero attached hydrogens (tertiary/aromatic N) is 1. The smallest absolute Gasteiger partial charge is 0.0541 e. The van der Waals surface area contributed by atoms with Crippen LogP contribution in [-0.4, -0.2) is 4.57 Å². The van der Waals surface area contributed by atoms with Crippen LogP contribution in [0.5, 0.6) is 0 Å². The molecule has 0 unspecified atom stereocenters. The molecule has 0 saturated heterocycles. The Morgan fingerprint density at radius 1 is 0.318 bits per heavy atom. The van der Waals surface area contributed by atoms with Crippen LogP contribution in [0.15, 0.2) is 164 Å². The lowest BCUT2D eigenvalue weighted by molar-refractivity contribution is 1.18. The average molecular weight is 578 g/mol. The molecule has 2 heterocycles. The molecular formula is C42H27NS. The van der Waals surface area contributed by atoms with Crippen LogP contribution in [-0.2, 0) is 0 Å². The third-order valence-corrected chi connectivity index (χ3v) is 9.99.